The number of nitrogens with one attached hydrogen (secondary N) is 1. The van der Waals surface area contributed by atoms with E-state index in [1.165, 1.54) is 6.07 Å². The van der Waals surface area contributed by atoms with Crippen molar-refractivity contribution in [1.29, 1.82) is 0 Å². The van der Waals surface area contributed by atoms with Gasteiger partial charge >= 0.3 is 0 Å². The Kier molecular flexibility index (Phi) is 5.79. The van der Waals surface area contributed by atoms with Crippen LogP contribution >= 0.6 is 0 Å². The molecule has 5 heteroatoms. The van der Waals surface area contributed by atoms with Gasteiger partial charge in [-0.2, -0.15) is 0 Å². The zero-order chi connectivity index (χ0) is 18.4. The van der Waals surface area contributed by atoms with Gasteiger partial charge in [0.15, 0.2) is 0 Å². The summed E-state index contributed by atoms with van der Waals surface area (Å²) in [6, 6.07) is 16.2. The standard InChI is InChI=1S/C21H22FN3O/c1-2-25-13-12-23-20(25)15-24-21(26)14-18(16-8-4-3-5-9-16)17-10-6-7-11-19(17)22/h3-13,18H,2,14-15H2,1H3,(H,24,26)/t18-/m0/s1. The molecule has 26 heavy (non-hydrogen) atoms. The molecule has 0 saturated heterocycles. The summed E-state index contributed by atoms with van der Waals surface area (Å²) in [5.74, 6) is 0.0507. The van der Waals surface area contributed by atoms with Crippen molar-refractivity contribution >= 4 is 5.91 Å². The largest absolute Gasteiger partial charge is 0.349 e. The predicted molar refractivity (Wildman–Crippen MR) is 99.0 cm³/mol. The van der Waals surface area contributed by atoms with Crippen molar-refractivity contribution in [2.24, 2.45) is 0 Å². The smallest absolute Gasteiger partial charge is 0.221 e. The number of carbonyl (C=O) groups excluding carboxylic acids is 1. The van der Waals surface area contributed by atoms with Crippen LogP contribution in [0.2, 0.25) is 0 Å². The molecule has 0 aliphatic heterocycles. The van der Waals surface area contributed by atoms with Gasteiger partial charge in [0.1, 0.15) is 11.6 Å². The lowest BCUT2D eigenvalue weighted by atomic mass is 9.88. The molecule has 0 spiro atoms. The zero-order valence-electron chi connectivity index (χ0n) is 14.7. The number of benzene rings is 2. The highest BCUT2D eigenvalue weighted by Crippen LogP contribution is 2.29. The topological polar surface area (TPSA) is 46.9 Å². The Morgan fingerprint density at radius 2 is 1.88 bits per heavy atom. The third-order valence-corrected chi connectivity index (χ3v) is 4.46. The normalized spacial score (nSPS) is 11.9. The minimum atomic E-state index is -0.330. The first-order valence-corrected chi connectivity index (χ1v) is 8.75. The third-order valence-electron chi connectivity index (χ3n) is 4.46. The number of imidazole rings is 1. The summed E-state index contributed by atoms with van der Waals surface area (Å²) in [6.45, 7) is 3.18. The molecule has 4 nitrogen and oxygen atoms in total. The first-order chi connectivity index (χ1) is 12.7. The second-order valence-electron chi connectivity index (χ2n) is 6.10. The quantitative estimate of drug-likeness (QED) is 0.702. The fourth-order valence-corrected chi connectivity index (χ4v) is 3.08. The van der Waals surface area contributed by atoms with E-state index in [-0.39, 0.29) is 24.1 Å². The maximum Gasteiger partial charge on any atom is 0.221 e. The zero-order valence-corrected chi connectivity index (χ0v) is 14.7. The van der Waals surface area contributed by atoms with Crippen molar-refractivity contribution in [2.45, 2.75) is 32.4 Å². The van der Waals surface area contributed by atoms with Crippen LogP contribution in [0.3, 0.4) is 0 Å². The fourth-order valence-electron chi connectivity index (χ4n) is 3.08. The van der Waals surface area contributed by atoms with E-state index in [1.807, 2.05) is 48.0 Å². The van der Waals surface area contributed by atoms with E-state index in [4.69, 9.17) is 0 Å². The van der Waals surface area contributed by atoms with Crippen LogP contribution in [0.15, 0.2) is 67.0 Å². The molecule has 1 aromatic heterocycles. The van der Waals surface area contributed by atoms with Crippen molar-refractivity contribution in [2.75, 3.05) is 0 Å². The predicted octanol–water partition coefficient (Wildman–Crippen LogP) is 3.88. The molecule has 3 aromatic rings. The fraction of sp³-hybridized carbons (Fsp3) is 0.238. The first kappa shape index (κ1) is 17.9. The molecule has 1 atom stereocenters. The summed E-state index contributed by atoms with van der Waals surface area (Å²) in [4.78, 5) is 16.8. The van der Waals surface area contributed by atoms with Gasteiger partial charge in [-0.15, -0.1) is 0 Å². The summed E-state index contributed by atoms with van der Waals surface area (Å²) in [5, 5.41) is 2.90. The Labute approximate surface area is 152 Å². The molecule has 0 aliphatic carbocycles. The second-order valence-corrected chi connectivity index (χ2v) is 6.10. The Morgan fingerprint density at radius 1 is 1.15 bits per heavy atom. The van der Waals surface area contributed by atoms with E-state index in [9.17, 15) is 9.18 Å². The van der Waals surface area contributed by atoms with Crippen LogP contribution in [0.4, 0.5) is 4.39 Å². The number of carbonyl (C=O) groups is 1. The van der Waals surface area contributed by atoms with E-state index < -0.39 is 0 Å². The molecule has 1 amide bonds. The van der Waals surface area contributed by atoms with Crippen LogP contribution in [-0.2, 0) is 17.9 Å². The van der Waals surface area contributed by atoms with Gasteiger partial charge in [-0.3, -0.25) is 4.79 Å². The average molecular weight is 351 g/mol. The molecule has 0 radical (unpaired) electrons. The van der Waals surface area contributed by atoms with E-state index in [1.54, 1.807) is 24.4 Å². The van der Waals surface area contributed by atoms with Gasteiger partial charge in [0.05, 0.1) is 6.54 Å². The first-order valence-electron chi connectivity index (χ1n) is 8.75. The van der Waals surface area contributed by atoms with E-state index >= 15 is 0 Å². The van der Waals surface area contributed by atoms with Crippen molar-refractivity contribution < 1.29 is 9.18 Å². The molecule has 0 unspecified atom stereocenters. The van der Waals surface area contributed by atoms with Crippen molar-refractivity contribution in [3.63, 3.8) is 0 Å². The molecule has 0 bridgehead atoms. The minimum absolute atomic E-state index is 0.132. The number of hydrogen-bond acceptors (Lipinski definition) is 2. The van der Waals surface area contributed by atoms with Gasteiger partial charge in [0.25, 0.3) is 0 Å². The lowest BCUT2D eigenvalue weighted by Crippen LogP contribution is -2.26. The summed E-state index contributed by atoms with van der Waals surface area (Å²) >= 11 is 0. The molecular formula is C21H22FN3O. The minimum Gasteiger partial charge on any atom is -0.349 e. The van der Waals surface area contributed by atoms with Crippen LogP contribution in [0.5, 0.6) is 0 Å². The van der Waals surface area contributed by atoms with Gasteiger partial charge in [-0.1, -0.05) is 48.5 Å². The summed E-state index contributed by atoms with van der Waals surface area (Å²) in [7, 11) is 0. The summed E-state index contributed by atoms with van der Waals surface area (Å²) < 4.78 is 16.3. The number of hydrogen-bond donors (Lipinski definition) is 1. The van der Waals surface area contributed by atoms with E-state index in [0.717, 1.165) is 17.9 Å². The number of halogens is 1. The maximum atomic E-state index is 14.3. The average Bonchev–Trinajstić information content (AvgIpc) is 3.13. The van der Waals surface area contributed by atoms with Crippen molar-refractivity contribution in [3.05, 3.63) is 89.8 Å². The van der Waals surface area contributed by atoms with Crippen LogP contribution < -0.4 is 5.32 Å². The van der Waals surface area contributed by atoms with Gasteiger partial charge < -0.3 is 9.88 Å². The SMILES string of the molecule is CCn1ccnc1CNC(=O)C[C@@H](c1ccccc1)c1ccccc1F. The molecule has 0 fully saturated rings. The molecule has 1 heterocycles. The van der Waals surface area contributed by atoms with Gasteiger partial charge in [0.2, 0.25) is 5.91 Å². The number of nitrogens with zero attached hydrogens (tertiary/aromatic N) is 2. The molecular weight excluding hydrogens is 329 g/mol. The van der Waals surface area contributed by atoms with Gasteiger partial charge in [-0.05, 0) is 24.1 Å². The highest BCUT2D eigenvalue weighted by molar-refractivity contribution is 5.77. The molecule has 0 aliphatic rings. The number of rotatable bonds is 7. The summed E-state index contributed by atoms with van der Waals surface area (Å²) in [6.07, 6.45) is 3.78. The maximum absolute atomic E-state index is 14.3. The third kappa shape index (κ3) is 4.17. The molecule has 134 valence electrons. The number of aromatic nitrogens is 2. The van der Waals surface area contributed by atoms with Crippen molar-refractivity contribution in [3.8, 4) is 0 Å². The second kappa shape index (κ2) is 8.43. The lowest BCUT2D eigenvalue weighted by molar-refractivity contribution is -0.121. The number of aryl methyl sites for hydroxylation is 1. The van der Waals surface area contributed by atoms with E-state index in [2.05, 4.69) is 10.3 Å². The monoisotopic (exact) mass is 351 g/mol. The summed E-state index contributed by atoms with van der Waals surface area (Å²) in [5.41, 5.74) is 1.45. The number of amides is 1. The molecule has 2 aromatic carbocycles. The lowest BCUT2D eigenvalue weighted by Gasteiger charge is -2.18. The Balaban J connectivity index is 1.76. The highest BCUT2D eigenvalue weighted by atomic mass is 19.1. The molecule has 3 rings (SSSR count). The van der Waals surface area contributed by atoms with Crippen LogP contribution in [-0.4, -0.2) is 15.5 Å². The van der Waals surface area contributed by atoms with Crippen LogP contribution in [0.1, 0.15) is 36.2 Å². The Hall–Kier alpha value is -2.95. The van der Waals surface area contributed by atoms with E-state index in [0.29, 0.717) is 12.1 Å². The van der Waals surface area contributed by atoms with Crippen LogP contribution in [0, 0.1) is 5.82 Å². The van der Waals surface area contributed by atoms with Gasteiger partial charge in [0, 0.05) is 31.3 Å². The molecule has 0 saturated carbocycles. The molecule has 1 N–H and O–H groups in total. The Morgan fingerprint density at radius 3 is 2.62 bits per heavy atom. The van der Waals surface area contributed by atoms with Crippen molar-refractivity contribution in [1.82, 2.24) is 14.9 Å². The Bertz CT molecular complexity index is 860. The van der Waals surface area contributed by atoms with Gasteiger partial charge in [-0.25, -0.2) is 9.37 Å². The highest BCUT2D eigenvalue weighted by Gasteiger charge is 2.21. The van der Waals surface area contributed by atoms with Crippen LogP contribution in [0.25, 0.3) is 0 Å².